The Bertz CT molecular complexity index is 843. The highest BCUT2D eigenvalue weighted by molar-refractivity contribution is 7.12. The van der Waals surface area contributed by atoms with E-state index >= 15 is 0 Å². The van der Waals surface area contributed by atoms with Crippen molar-refractivity contribution < 1.29 is 9.53 Å². The molecule has 1 heterocycles. The minimum absolute atomic E-state index is 0.149. The zero-order valence-electron chi connectivity index (χ0n) is 13.1. The van der Waals surface area contributed by atoms with Crippen molar-refractivity contribution in [2.45, 2.75) is 13.5 Å². The lowest BCUT2D eigenvalue weighted by atomic mass is 10.2. The van der Waals surface area contributed by atoms with Crippen LogP contribution in [0.25, 0.3) is 0 Å². The lowest BCUT2D eigenvalue weighted by Gasteiger charge is -2.05. The Morgan fingerprint density at radius 3 is 2.71 bits per heavy atom. The molecule has 1 amide bonds. The molecule has 3 nitrogen and oxygen atoms in total. The second-order valence-corrected chi connectivity index (χ2v) is 6.73. The molecular formula is C19H16ClNO2S. The highest BCUT2D eigenvalue weighted by atomic mass is 35.5. The maximum Gasteiger partial charge on any atom is 0.265 e. The predicted octanol–water partition coefficient (Wildman–Crippen LogP) is 5.54. The van der Waals surface area contributed by atoms with E-state index in [4.69, 9.17) is 16.3 Å². The Balaban J connectivity index is 1.60. The standard InChI is InChI=1S/C19H16ClNO2S/c1-13-5-7-17(8-6-13)23-11-14-9-18(24-12-14)19(22)21-16-4-2-3-15(20)10-16/h2-10,12H,11H2,1H3,(H,21,22). The topological polar surface area (TPSA) is 38.3 Å². The van der Waals surface area contributed by atoms with Gasteiger partial charge in [-0.15, -0.1) is 11.3 Å². The van der Waals surface area contributed by atoms with Gasteiger partial charge in [0.1, 0.15) is 12.4 Å². The smallest absolute Gasteiger partial charge is 0.265 e. The van der Waals surface area contributed by atoms with E-state index in [1.165, 1.54) is 16.9 Å². The third kappa shape index (κ3) is 4.37. The molecule has 0 aliphatic heterocycles. The van der Waals surface area contributed by atoms with Crippen molar-refractivity contribution in [1.82, 2.24) is 0 Å². The number of benzene rings is 2. The maximum atomic E-state index is 12.3. The fraction of sp³-hybridized carbons (Fsp3) is 0.105. The first-order valence-electron chi connectivity index (χ1n) is 7.44. The van der Waals surface area contributed by atoms with Crippen LogP contribution in [-0.4, -0.2) is 5.91 Å². The molecule has 122 valence electrons. The van der Waals surface area contributed by atoms with Gasteiger partial charge in [-0.05, 0) is 48.7 Å². The summed E-state index contributed by atoms with van der Waals surface area (Å²) in [6, 6.07) is 16.8. The SMILES string of the molecule is Cc1ccc(OCc2csc(C(=O)Nc3cccc(Cl)c3)c2)cc1. The second-order valence-electron chi connectivity index (χ2n) is 5.39. The normalized spacial score (nSPS) is 10.4. The number of thiophene rings is 1. The summed E-state index contributed by atoms with van der Waals surface area (Å²) in [6.07, 6.45) is 0. The molecule has 24 heavy (non-hydrogen) atoms. The van der Waals surface area contributed by atoms with Crippen LogP contribution in [0.4, 0.5) is 5.69 Å². The van der Waals surface area contributed by atoms with Crippen LogP contribution in [-0.2, 0) is 6.61 Å². The number of rotatable bonds is 5. The monoisotopic (exact) mass is 357 g/mol. The first-order valence-corrected chi connectivity index (χ1v) is 8.70. The summed E-state index contributed by atoms with van der Waals surface area (Å²) in [7, 11) is 0. The molecular weight excluding hydrogens is 342 g/mol. The van der Waals surface area contributed by atoms with E-state index in [2.05, 4.69) is 5.32 Å². The van der Waals surface area contributed by atoms with Crippen molar-refractivity contribution in [2.75, 3.05) is 5.32 Å². The molecule has 0 spiro atoms. The van der Waals surface area contributed by atoms with Crippen LogP contribution in [0.1, 0.15) is 20.8 Å². The van der Waals surface area contributed by atoms with Gasteiger partial charge in [0.2, 0.25) is 0 Å². The molecule has 0 aliphatic rings. The summed E-state index contributed by atoms with van der Waals surface area (Å²) >= 11 is 7.32. The van der Waals surface area contributed by atoms with Crippen LogP contribution < -0.4 is 10.1 Å². The number of nitrogens with one attached hydrogen (secondary N) is 1. The molecule has 0 bridgehead atoms. The Hall–Kier alpha value is -2.30. The van der Waals surface area contributed by atoms with Crippen molar-refractivity contribution in [3.05, 3.63) is 81.0 Å². The van der Waals surface area contributed by atoms with Gasteiger partial charge in [0, 0.05) is 16.3 Å². The summed E-state index contributed by atoms with van der Waals surface area (Å²) in [4.78, 5) is 12.9. The molecule has 0 radical (unpaired) electrons. The highest BCUT2D eigenvalue weighted by Crippen LogP contribution is 2.21. The number of hydrogen-bond donors (Lipinski definition) is 1. The van der Waals surface area contributed by atoms with E-state index in [-0.39, 0.29) is 5.91 Å². The van der Waals surface area contributed by atoms with Crippen LogP contribution in [0.2, 0.25) is 5.02 Å². The van der Waals surface area contributed by atoms with Crippen LogP contribution in [0.5, 0.6) is 5.75 Å². The first kappa shape index (κ1) is 16.6. The molecule has 0 fully saturated rings. The van der Waals surface area contributed by atoms with Crippen molar-refractivity contribution in [2.24, 2.45) is 0 Å². The van der Waals surface area contributed by atoms with Crippen molar-refractivity contribution >= 4 is 34.5 Å². The van der Waals surface area contributed by atoms with Crippen LogP contribution >= 0.6 is 22.9 Å². The second kappa shape index (κ2) is 7.51. The largest absolute Gasteiger partial charge is 0.489 e. The number of hydrogen-bond acceptors (Lipinski definition) is 3. The van der Waals surface area contributed by atoms with Gasteiger partial charge in [0.15, 0.2) is 0 Å². The quantitative estimate of drug-likeness (QED) is 0.650. The average Bonchev–Trinajstić information content (AvgIpc) is 3.03. The van der Waals surface area contributed by atoms with Gasteiger partial charge < -0.3 is 10.1 Å². The van der Waals surface area contributed by atoms with E-state index in [0.29, 0.717) is 22.2 Å². The number of carbonyl (C=O) groups is 1. The van der Waals surface area contributed by atoms with E-state index in [9.17, 15) is 4.79 Å². The number of carbonyl (C=O) groups excluding carboxylic acids is 1. The fourth-order valence-corrected chi connectivity index (χ4v) is 3.11. The van der Waals surface area contributed by atoms with Gasteiger partial charge in [-0.3, -0.25) is 4.79 Å². The van der Waals surface area contributed by atoms with Crippen LogP contribution in [0.15, 0.2) is 60.0 Å². The molecule has 0 atom stereocenters. The molecule has 1 N–H and O–H groups in total. The molecule has 0 aliphatic carbocycles. The number of halogens is 1. The molecule has 2 aromatic carbocycles. The summed E-state index contributed by atoms with van der Waals surface area (Å²) in [5, 5.41) is 5.36. The fourth-order valence-electron chi connectivity index (χ4n) is 2.13. The lowest BCUT2D eigenvalue weighted by Crippen LogP contribution is -2.10. The van der Waals surface area contributed by atoms with Crippen LogP contribution in [0.3, 0.4) is 0 Å². The molecule has 5 heteroatoms. The summed E-state index contributed by atoms with van der Waals surface area (Å²) in [5.74, 6) is 0.667. The van der Waals surface area contributed by atoms with Gasteiger partial charge in [0.25, 0.3) is 5.91 Å². The van der Waals surface area contributed by atoms with E-state index in [0.717, 1.165) is 11.3 Å². The molecule has 0 unspecified atom stereocenters. The number of anilines is 1. The predicted molar refractivity (Wildman–Crippen MR) is 99.2 cm³/mol. The third-order valence-electron chi connectivity index (χ3n) is 3.39. The Morgan fingerprint density at radius 2 is 1.96 bits per heavy atom. The highest BCUT2D eigenvalue weighted by Gasteiger charge is 2.10. The Morgan fingerprint density at radius 1 is 1.17 bits per heavy atom. The van der Waals surface area contributed by atoms with Crippen molar-refractivity contribution in [1.29, 1.82) is 0 Å². The van der Waals surface area contributed by atoms with Crippen molar-refractivity contribution in [3.8, 4) is 5.75 Å². The van der Waals surface area contributed by atoms with Gasteiger partial charge in [-0.25, -0.2) is 0 Å². The average molecular weight is 358 g/mol. The Labute approximate surface area is 149 Å². The molecule has 3 rings (SSSR count). The number of amides is 1. The minimum Gasteiger partial charge on any atom is -0.489 e. The van der Waals surface area contributed by atoms with Gasteiger partial charge in [-0.2, -0.15) is 0 Å². The van der Waals surface area contributed by atoms with Crippen LogP contribution in [0, 0.1) is 6.92 Å². The van der Waals surface area contributed by atoms with E-state index in [1.54, 1.807) is 24.3 Å². The third-order valence-corrected chi connectivity index (χ3v) is 4.60. The zero-order chi connectivity index (χ0) is 16.9. The Kier molecular flexibility index (Phi) is 5.18. The first-order chi connectivity index (χ1) is 11.6. The maximum absolute atomic E-state index is 12.3. The van der Waals surface area contributed by atoms with E-state index < -0.39 is 0 Å². The van der Waals surface area contributed by atoms with Gasteiger partial charge >= 0.3 is 0 Å². The number of aryl methyl sites for hydroxylation is 1. The number of ether oxygens (including phenoxy) is 1. The zero-order valence-corrected chi connectivity index (χ0v) is 14.7. The van der Waals surface area contributed by atoms with Gasteiger partial charge in [0.05, 0.1) is 4.88 Å². The molecule has 1 aromatic heterocycles. The summed E-state index contributed by atoms with van der Waals surface area (Å²) < 4.78 is 5.73. The van der Waals surface area contributed by atoms with Gasteiger partial charge in [-0.1, -0.05) is 35.4 Å². The lowest BCUT2D eigenvalue weighted by molar-refractivity contribution is 0.103. The summed E-state index contributed by atoms with van der Waals surface area (Å²) in [5.41, 5.74) is 2.84. The minimum atomic E-state index is -0.149. The molecule has 0 saturated carbocycles. The molecule has 3 aromatic rings. The molecule has 0 saturated heterocycles. The van der Waals surface area contributed by atoms with E-state index in [1.807, 2.05) is 42.6 Å². The van der Waals surface area contributed by atoms with Crippen molar-refractivity contribution in [3.63, 3.8) is 0 Å². The summed E-state index contributed by atoms with van der Waals surface area (Å²) in [6.45, 7) is 2.47.